The lowest BCUT2D eigenvalue weighted by Crippen LogP contribution is -1.88. The lowest BCUT2D eigenvalue weighted by molar-refractivity contribution is 0.588. The Balaban J connectivity index is 3.40. The Morgan fingerprint density at radius 3 is 2.60 bits per heavy atom. The first-order valence-corrected chi connectivity index (χ1v) is 3.73. The number of nitrogens with two attached hydrogens (primary N) is 1. The summed E-state index contributed by atoms with van der Waals surface area (Å²) in [6, 6.07) is 0. The molecule has 0 saturated heterocycles. The second kappa shape index (κ2) is 5.10. The van der Waals surface area contributed by atoms with Crippen LogP contribution in [-0.2, 0) is 0 Å². The van der Waals surface area contributed by atoms with Crippen LogP contribution in [0.1, 0.15) is 26.7 Å². The molecule has 0 fully saturated rings. The van der Waals surface area contributed by atoms with E-state index in [1.54, 1.807) is 6.20 Å². The molecule has 58 valence electrons. The summed E-state index contributed by atoms with van der Waals surface area (Å²) >= 11 is 0. The topological polar surface area (TPSA) is 26.0 Å². The predicted molar refractivity (Wildman–Crippen MR) is 46.5 cm³/mol. The maximum absolute atomic E-state index is 5.19. The highest BCUT2D eigenvalue weighted by Gasteiger charge is 1.93. The van der Waals surface area contributed by atoms with Crippen molar-refractivity contribution in [3.05, 3.63) is 24.4 Å². The third-order valence-electron chi connectivity index (χ3n) is 1.37. The van der Waals surface area contributed by atoms with Gasteiger partial charge in [0.1, 0.15) is 0 Å². The summed E-state index contributed by atoms with van der Waals surface area (Å²) in [5, 5.41) is 0. The van der Waals surface area contributed by atoms with Gasteiger partial charge in [0.15, 0.2) is 0 Å². The normalized spacial score (nSPS) is 11.1. The minimum absolute atomic E-state index is 0.753. The van der Waals surface area contributed by atoms with Gasteiger partial charge in [-0.05, 0) is 31.0 Å². The molecular formula is C9H17N. The first kappa shape index (κ1) is 9.28. The quantitative estimate of drug-likeness (QED) is 0.595. The summed E-state index contributed by atoms with van der Waals surface area (Å²) in [7, 11) is 0. The molecule has 0 aliphatic carbocycles. The van der Waals surface area contributed by atoms with Crippen molar-refractivity contribution in [3.8, 4) is 0 Å². The van der Waals surface area contributed by atoms with Crippen molar-refractivity contribution in [2.75, 3.05) is 0 Å². The Labute approximate surface area is 63.6 Å². The van der Waals surface area contributed by atoms with Gasteiger partial charge in [0.25, 0.3) is 0 Å². The SMILES string of the molecule is C=C(/C=C/N)CCC(C)C. The molecule has 10 heavy (non-hydrogen) atoms. The number of hydrogen-bond acceptors (Lipinski definition) is 1. The first-order valence-electron chi connectivity index (χ1n) is 3.73. The first-order chi connectivity index (χ1) is 4.66. The second-order valence-electron chi connectivity index (χ2n) is 2.95. The van der Waals surface area contributed by atoms with Crippen molar-refractivity contribution in [1.82, 2.24) is 0 Å². The molecule has 0 heterocycles. The van der Waals surface area contributed by atoms with Crippen LogP contribution in [0.5, 0.6) is 0 Å². The highest BCUT2D eigenvalue weighted by Crippen LogP contribution is 2.09. The molecule has 0 aromatic rings. The lowest BCUT2D eigenvalue weighted by atomic mass is 10.0. The highest BCUT2D eigenvalue weighted by molar-refractivity contribution is 5.12. The monoisotopic (exact) mass is 139 g/mol. The van der Waals surface area contributed by atoms with E-state index in [2.05, 4.69) is 20.4 Å². The zero-order valence-corrected chi connectivity index (χ0v) is 6.93. The van der Waals surface area contributed by atoms with Gasteiger partial charge in [0, 0.05) is 0 Å². The van der Waals surface area contributed by atoms with E-state index in [0.29, 0.717) is 0 Å². The van der Waals surface area contributed by atoms with Crippen LogP contribution >= 0.6 is 0 Å². The van der Waals surface area contributed by atoms with Gasteiger partial charge < -0.3 is 5.73 Å². The minimum Gasteiger partial charge on any atom is -0.405 e. The van der Waals surface area contributed by atoms with Gasteiger partial charge in [-0.2, -0.15) is 0 Å². The summed E-state index contributed by atoms with van der Waals surface area (Å²) in [6.07, 6.45) is 5.67. The molecule has 0 unspecified atom stereocenters. The van der Waals surface area contributed by atoms with Crippen molar-refractivity contribution in [2.24, 2.45) is 11.7 Å². The third-order valence-corrected chi connectivity index (χ3v) is 1.37. The van der Waals surface area contributed by atoms with Crippen LogP contribution in [0, 0.1) is 5.92 Å². The Kier molecular flexibility index (Phi) is 4.73. The summed E-state index contributed by atoms with van der Waals surface area (Å²) in [4.78, 5) is 0. The van der Waals surface area contributed by atoms with Crippen molar-refractivity contribution < 1.29 is 0 Å². The maximum atomic E-state index is 5.19. The molecule has 0 bridgehead atoms. The average molecular weight is 139 g/mol. The van der Waals surface area contributed by atoms with Gasteiger partial charge >= 0.3 is 0 Å². The molecule has 0 atom stereocenters. The second-order valence-corrected chi connectivity index (χ2v) is 2.95. The molecule has 2 N–H and O–H groups in total. The molecule has 0 radical (unpaired) electrons. The van der Waals surface area contributed by atoms with E-state index in [-0.39, 0.29) is 0 Å². The van der Waals surface area contributed by atoms with Gasteiger partial charge in [-0.1, -0.05) is 26.0 Å². The molecule has 0 aliphatic heterocycles. The molecule has 0 saturated carbocycles. The van der Waals surface area contributed by atoms with Gasteiger partial charge in [-0.25, -0.2) is 0 Å². The van der Waals surface area contributed by atoms with Crippen LogP contribution in [-0.4, -0.2) is 0 Å². The van der Waals surface area contributed by atoms with Crippen molar-refractivity contribution in [3.63, 3.8) is 0 Å². The van der Waals surface area contributed by atoms with E-state index in [9.17, 15) is 0 Å². The Hall–Kier alpha value is -0.720. The maximum Gasteiger partial charge on any atom is -0.00598 e. The smallest absolute Gasteiger partial charge is 0.00598 e. The summed E-state index contributed by atoms with van der Waals surface area (Å²) in [6.45, 7) is 8.27. The van der Waals surface area contributed by atoms with E-state index in [0.717, 1.165) is 17.9 Å². The number of hydrogen-bond donors (Lipinski definition) is 1. The average Bonchev–Trinajstić information content (AvgIpc) is 1.85. The number of allylic oxidation sites excluding steroid dienone is 2. The Morgan fingerprint density at radius 1 is 1.60 bits per heavy atom. The molecule has 0 aliphatic rings. The van der Waals surface area contributed by atoms with E-state index in [1.165, 1.54) is 6.42 Å². The van der Waals surface area contributed by atoms with Crippen LogP contribution < -0.4 is 5.73 Å². The van der Waals surface area contributed by atoms with E-state index in [4.69, 9.17) is 5.73 Å². The fraction of sp³-hybridized carbons (Fsp3) is 0.556. The van der Waals surface area contributed by atoms with Crippen LogP contribution in [0.25, 0.3) is 0 Å². The zero-order valence-electron chi connectivity index (χ0n) is 6.93. The van der Waals surface area contributed by atoms with Crippen LogP contribution in [0.3, 0.4) is 0 Å². The standard InChI is InChI=1S/C9H17N/c1-8(2)4-5-9(3)6-7-10/h6-8H,3-5,10H2,1-2H3/b7-6+. The zero-order chi connectivity index (χ0) is 7.98. The van der Waals surface area contributed by atoms with E-state index < -0.39 is 0 Å². The van der Waals surface area contributed by atoms with Gasteiger partial charge in [0.2, 0.25) is 0 Å². The molecule has 1 nitrogen and oxygen atoms in total. The van der Waals surface area contributed by atoms with Gasteiger partial charge in [-0.15, -0.1) is 0 Å². The van der Waals surface area contributed by atoms with Crippen LogP contribution in [0.4, 0.5) is 0 Å². The third kappa shape index (κ3) is 5.42. The van der Waals surface area contributed by atoms with Gasteiger partial charge in [0.05, 0.1) is 0 Å². The molecule has 0 spiro atoms. The molecular weight excluding hydrogens is 122 g/mol. The van der Waals surface area contributed by atoms with E-state index in [1.807, 2.05) is 6.08 Å². The molecule has 0 aromatic carbocycles. The van der Waals surface area contributed by atoms with Crippen LogP contribution in [0.15, 0.2) is 24.4 Å². The fourth-order valence-corrected chi connectivity index (χ4v) is 0.693. The van der Waals surface area contributed by atoms with Gasteiger partial charge in [-0.3, -0.25) is 0 Å². The Morgan fingerprint density at radius 2 is 2.20 bits per heavy atom. The highest BCUT2D eigenvalue weighted by atomic mass is 14.5. The number of rotatable bonds is 4. The Bertz CT molecular complexity index is 123. The molecule has 0 amide bonds. The predicted octanol–water partition coefficient (Wildman–Crippen LogP) is 2.45. The van der Waals surface area contributed by atoms with E-state index >= 15 is 0 Å². The minimum atomic E-state index is 0.753. The summed E-state index contributed by atoms with van der Waals surface area (Å²) in [5.74, 6) is 0.753. The summed E-state index contributed by atoms with van der Waals surface area (Å²) < 4.78 is 0. The molecule has 0 aromatic heterocycles. The largest absolute Gasteiger partial charge is 0.405 e. The van der Waals surface area contributed by atoms with Crippen molar-refractivity contribution >= 4 is 0 Å². The fourth-order valence-electron chi connectivity index (χ4n) is 0.693. The van der Waals surface area contributed by atoms with Crippen molar-refractivity contribution in [2.45, 2.75) is 26.7 Å². The summed E-state index contributed by atoms with van der Waals surface area (Å²) in [5.41, 5.74) is 6.32. The lowest BCUT2D eigenvalue weighted by Gasteiger charge is -2.02. The molecule has 0 rings (SSSR count). The van der Waals surface area contributed by atoms with Crippen molar-refractivity contribution in [1.29, 1.82) is 0 Å². The van der Waals surface area contributed by atoms with Crippen LogP contribution in [0.2, 0.25) is 0 Å². The molecule has 1 heteroatoms.